The Labute approximate surface area is 137 Å². The first-order valence-electron chi connectivity index (χ1n) is 7.22. The molecule has 7 heteroatoms. The van der Waals surface area contributed by atoms with Crippen molar-refractivity contribution in [2.75, 3.05) is 0 Å². The van der Waals surface area contributed by atoms with Gasteiger partial charge in [-0.05, 0) is 30.3 Å². The Bertz CT molecular complexity index is 857. The Kier molecular flexibility index (Phi) is 4.33. The minimum atomic E-state index is -0.897. The second-order valence-electron chi connectivity index (χ2n) is 5.16. The first-order chi connectivity index (χ1) is 11.6. The largest absolute Gasteiger partial charge is 0.346 e. The van der Waals surface area contributed by atoms with Crippen molar-refractivity contribution in [2.24, 2.45) is 7.05 Å². The quantitative estimate of drug-likeness (QED) is 0.801. The maximum absolute atomic E-state index is 13.6. The van der Waals surface area contributed by atoms with Gasteiger partial charge in [-0.2, -0.15) is 5.10 Å². The smallest absolute Gasteiger partial charge is 0.257 e. The van der Waals surface area contributed by atoms with Gasteiger partial charge in [-0.3, -0.25) is 14.5 Å². The first-order valence-corrected chi connectivity index (χ1v) is 7.22. The third-order valence-electron chi connectivity index (χ3n) is 3.53. The molecule has 1 amide bonds. The molecule has 0 aliphatic carbocycles. The number of benzene rings is 1. The van der Waals surface area contributed by atoms with E-state index in [2.05, 4.69) is 15.4 Å². The summed E-state index contributed by atoms with van der Waals surface area (Å²) in [6.07, 6.45) is 3.34. The van der Waals surface area contributed by atoms with Gasteiger partial charge in [0.2, 0.25) is 0 Å². The van der Waals surface area contributed by atoms with Gasteiger partial charge < -0.3 is 5.32 Å². The van der Waals surface area contributed by atoms with E-state index in [1.807, 2.05) is 12.1 Å². The number of aromatic nitrogens is 3. The zero-order chi connectivity index (χ0) is 17.1. The van der Waals surface area contributed by atoms with Gasteiger partial charge in [0.15, 0.2) is 0 Å². The van der Waals surface area contributed by atoms with Crippen molar-refractivity contribution in [3.63, 3.8) is 0 Å². The van der Waals surface area contributed by atoms with Gasteiger partial charge in [0.05, 0.1) is 17.9 Å². The third kappa shape index (κ3) is 3.15. The zero-order valence-electron chi connectivity index (χ0n) is 12.8. The Balaban J connectivity index is 1.75. The molecule has 2 aromatic heterocycles. The van der Waals surface area contributed by atoms with E-state index in [0.29, 0.717) is 5.69 Å². The molecule has 0 saturated carbocycles. The number of amides is 1. The molecule has 0 fully saturated rings. The molecule has 3 aromatic rings. The van der Waals surface area contributed by atoms with E-state index in [1.54, 1.807) is 30.2 Å². The molecular formula is C17H14F2N4O. The molecule has 0 aliphatic heterocycles. The van der Waals surface area contributed by atoms with Crippen molar-refractivity contribution in [1.82, 2.24) is 20.1 Å². The molecule has 0 bridgehead atoms. The van der Waals surface area contributed by atoms with Gasteiger partial charge in [0, 0.05) is 25.0 Å². The lowest BCUT2D eigenvalue weighted by Crippen LogP contribution is -2.25. The Morgan fingerprint density at radius 2 is 1.83 bits per heavy atom. The van der Waals surface area contributed by atoms with Crippen LogP contribution in [0.15, 0.2) is 48.8 Å². The Morgan fingerprint density at radius 1 is 1.17 bits per heavy atom. The highest BCUT2D eigenvalue weighted by Crippen LogP contribution is 2.19. The van der Waals surface area contributed by atoms with Gasteiger partial charge in [0.1, 0.15) is 17.2 Å². The predicted octanol–water partition coefficient (Wildman–Crippen LogP) is 2.69. The van der Waals surface area contributed by atoms with Crippen LogP contribution in [0.4, 0.5) is 8.78 Å². The van der Waals surface area contributed by atoms with Crippen molar-refractivity contribution >= 4 is 5.91 Å². The van der Waals surface area contributed by atoms with Gasteiger partial charge in [-0.25, -0.2) is 8.78 Å². The standard InChI is InChI=1S/C17H14F2N4O/c1-23-15(11-5-7-20-8-6-11)9-12(22-23)10-21-17(24)16-13(18)3-2-4-14(16)19/h2-9H,10H2,1H3,(H,21,24). The molecular weight excluding hydrogens is 314 g/mol. The first kappa shape index (κ1) is 15.8. The Morgan fingerprint density at radius 3 is 2.50 bits per heavy atom. The number of rotatable bonds is 4. The molecule has 0 saturated heterocycles. The summed E-state index contributed by atoms with van der Waals surface area (Å²) in [7, 11) is 1.78. The molecule has 122 valence electrons. The lowest BCUT2D eigenvalue weighted by molar-refractivity contribution is 0.0942. The fourth-order valence-electron chi connectivity index (χ4n) is 2.38. The third-order valence-corrected chi connectivity index (χ3v) is 3.53. The number of nitrogens with zero attached hydrogens (tertiary/aromatic N) is 3. The normalized spacial score (nSPS) is 10.6. The maximum Gasteiger partial charge on any atom is 0.257 e. The van der Waals surface area contributed by atoms with Crippen molar-refractivity contribution < 1.29 is 13.6 Å². The number of pyridine rings is 1. The number of carbonyl (C=O) groups is 1. The molecule has 0 aliphatic rings. The van der Waals surface area contributed by atoms with Crippen molar-refractivity contribution in [3.8, 4) is 11.3 Å². The molecule has 0 spiro atoms. The van der Waals surface area contributed by atoms with Gasteiger partial charge in [0.25, 0.3) is 5.91 Å². The van der Waals surface area contributed by atoms with Gasteiger partial charge in [-0.15, -0.1) is 0 Å². The van der Waals surface area contributed by atoms with E-state index in [0.717, 1.165) is 23.4 Å². The average Bonchev–Trinajstić information content (AvgIpc) is 2.94. The fraction of sp³-hybridized carbons (Fsp3) is 0.118. The topological polar surface area (TPSA) is 59.8 Å². The van der Waals surface area contributed by atoms with Crippen molar-refractivity contribution in [3.05, 3.63) is 71.7 Å². The summed E-state index contributed by atoms with van der Waals surface area (Å²) in [4.78, 5) is 15.9. The summed E-state index contributed by atoms with van der Waals surface area (Å²) >= 11 is 0. The number of aryl methyl sites for hydroxylation is 1. The van der Waals surface area contributed by atoms with E-state index >= 15 is 0 Å². The molecule has 0 atom stereocenters. The van der Waals surface area contributed by atoms with E-state index < -0.39 is 23.1 Å². The van der Waals surface area contributed by atoms with Crippen LogP contribution in [-0.2, 0) is 13.6 Å². The zero-order valence-corrected chi connectivity index (χ0v) is 12.8. The predicted molar refractivity (Wildman–Crippen MR) is 84.0 cm³/mol. The van der Waals surface area contributed by atoms with E-state index in [4.69, 9.17) is 0 Å². The van der Waals surface area contributed by atoms with Crippen LogP contribution in [0.1, 0.15) is 16.1 Å². The highest BCUT2D eigenvalue weighted by atomic mass is 19.1. The second kappa shape index (κ2) is 6.57. The van der Waals surface area contributed by atoms with E-state index in [-0.39, 0.29) is 6.54 Å². The molecule has 1 N–H and O–H groups in total. The number of nitrogens with one attached hydrogen (secondary N) is 1. The molecule has 0 radical (unpaired) electrons. The number of hydrogen-bond acceptors (Lipinski definition) is 3. The summed E-state index contributed by atoms with van der Waals surface area (Å²) in [6.45, 7) is 0.0610. The van der Waals surface area contributed by atoms with E-state index in [1.165, 1.54) is 6.07 Å². The average molecular weight is 328 g/mol. The van der Waals surface area contributed by atoms with Crippen LogP contribution in [0.3, 0.4) is 0 Å². The molecule has 1 aromatic carbocycles. The summed E-state index contributed by atoms with van der Waals surface area (Å²) in [5.74, 6) is -2.61. The molecule has 2 heterocycles. The highest BCUT2D eigenvalue weighted by molar-refractivity contribution is 5.94. The van der Waals surface area contributed by atoms with Crippen LogP contribution in [0.25, 0.3) is 11.3 Å². The number of halogens is 2. The minimum Gasteiger partial charge on any atom is -0.346 e. The van der Waals surface area contributed by atoms with E-state index in [9.17, 15) is 13.6 Å². The lowest BCUT2D eigenvalue weighted by Gasteiger charge is -2.05. The van der Waals surface area contributed by atoms with Crippen LogP contribution in [0.2, 0.25) is 0 Å². The van der Waals surface area contributed by atoms with Gasteiger partial charge in [-0.1, -0.05) is 6.07 Å². The maximum atomic E-state index is 13.6. The van der Waals surface area contributed by atoms with Crippen LogP contribution in [0.5, 0.6) is 0 Å². The van der Waals surface area contributed by atoms with Crippen molar-refractivity contribution in [2.45, 2.75) is 6.54 Å². The van der Waals surface area contributed by atoms with Crippen LogP contribution in [0, 0.1) is 11.6 Å². The second-order valence-corrected chi connectivity index (χ2v) is 5.16. The number of carbonyl (C=O) groups excluding carboxylic acids is 1. The lowest BCUT2D eigenvalue weighted by atomic mass is 10.1. The number of hydrogen-bond donors (Lipinski definition) is 1. The van der Waals surface area contributed by atoms with Crippen LogP contribution >= 0.6 is 0 Å². The monoisotopic (exact) mass is 328 g/mol. The van der Waals surface area contributed by atoms with Gasteiger partial charge >= 0.3 is 0 Å². The summed E-state index contributed by atoms with van der Waals surface area (Å²) in [6, 6.07) is 8.78. The highest BCUT2D eigenvalue weighted by Gasteiger charge is 2.17. The Hall–Kier alpha value is -3.09. The van der Waals surface area contributed by atoms with Crippen LogP contribution in [-0.4, -0.2) is 20.7 Å². The molecule has 0 unspecified atom stereocenters. The minimum absolute atomic E-state index is 0.0610. The fourth-order valence-corrected chi connectivity index (χ4v) is 2.38. The summed E-state index contributed by atoms with van der Waals surface area (Å²) < 4.78 is 28.8. The molecule has 5 nitrogen and oxygen atoms in total. The summed E-state index contributed by atoms with van der Waals surface area (Å²) in [5, 5.41) is 6.77. The molecule has 3 rings (SSSR count). The summed E-state index contributed by atoms with van der Waals surface area (Å²) in [5.41, 5.74) is 1.76. The van der Waals surface area contributed by atoms with Crippen molar-refractivity contribution in [1.29, 1.82) is 0 Å². The molecule has 24 heavy (non-hydrogen) atoms. The SMILES string of the molecule is Cn1nc(CNC(=O)c2c(F)cccc2F)cc1-c1ccncc1. The van der Waals surface area contributed by atoms with Crippen LogP contribution < -0.4 is 5.32 Å².